The fourth-order valence-corrected chi connectivity index (χ4v) is 4.47. The minimum absolute atomic E-state index is 0.00663. The molecule has 1 aliphatic heterocycles. The van der Waals surface area contributed by atoms with Crippen LogP contribution in [0.5, 0.6) is 5.75 Å². The molecule has 1 saturated heterocycles. The van der Waals surface area contributed by atoms with Gasteiger partial charge in [0.25, 0.3) is 0 Å². The van der Waals surface area contributed by atoms with E-state index >= 15 is 0 Å². The number of piperidine rings is 1. The molecule has 0 bridgehead atoms. The zero-order valence-electron chi connectivity index (χ0n) is 19.2. The number of aromatic nitrogens is 2. The number of nitrogens with one attached hydrogen (secondary N) is 1. The van der Waals surface area contributed by atoms with E-state index in [2.05, 4.69) is 39.5 Å². The van der Waals surface area contributed by atoms with Crippen LogP contribution in [0.3, 0.4) is 0 Å². The van der Waals surface area contributed by atoms with Crippen molar-refractivity contribution in [1.82, 2.24) is 10.2 Å². The Balaban J connectivity index is 1.38. The standard InChI is InChI=1S/C26H30N4O2/c1-17-15-18(2)25(19(3)16-17)27-26(31)20-11-13-30(14-12-20)24-10-9-22(28-29-24)21-7-5-6-8-23(21)32-4/h5-10,15-16,20H,11-14H2,1-4H3,(H,27,31). The molecule has 4 rings (SSSR count). The van der Waals surface area contributed by atoms with Gasteiger partial charge in [-0.25, -0.2) is 0 Å². The van der Waals surface area contributed by atoms with Gasteiger partial charge in [-0.15, -0.1) is 10.2 Å². The number of hydrogen-bond acceptors (Lipinski definition) is 5. The van der Waals surface area contributed by atoms with Crippen LogP contribution in [-0.2, 0) is 4.79 Å². The highest BCUT2D eigenvalue weighted by atomic mass is 16.5. The predicted octanol–water partition coefficient (Wildman–Crippen LogP) is 4.93. The number of amides is 1. The Labute approximate surface area is 189 Å². The van der Waals surface area contributed by atoms with Crippen LogP contribution in [0, 0.1) is 26.7 Å². The van der Waals surface area contributed by atoms with Gasteiger partial charge < -0.3 is 15.0 Å². The van der Waals surface area contributed by atoms with E-state index in [4.69, 9.17) is 4.74 Å². The largest absolute Gasteiger partial charge is 0.496 e. The number of rotatable bonds is 5. The van der Waals surface area contributed by atoms with Crippen molar-refractivity contribution in [2.75, 3.05) is 30.4 Å². The van der Waals surface area contributed by atoms with Crippen LogP contribution < -0.4 is 15.0 Å². The molecule has 2 heterocycles. The number of methoxy groups -OCH3 is 1. The Kier molecular flexibility index (Phi) is 6.40. The van der Waals surface area contributed by atoms with Gasteiger partial charge in [-0.1, -0.05) is 29.8 Å². The molecule has 0 atom stereocenters. The van der Waals surface area contributed by atoms with Gasteiger partial charge in [0.1, 0.15) is 5.75 Å². The molecule has 166 valence electrons. The Morgan fingerprint density at radius 2 is 1.69 bits per heavy atom. The van der Waals surface area contributed by atoms with Crippen molar-refractivity contribution in [2.24, 2.45) is 5.92 Å². The Bertz CT molecular complexity index is 1080. The minimum Gasteiger partial charge on any atom is -0.496 e. The van der Waals surface area contributed by atoms with Crippen molar-refractivity contribution in [3.63, 3.8) is 0 Å². The number of ether oxygens (including phenoxy) is 1. The van der Waals surface area contributed by atoms with Crippen molar-refractivity contribution in [3.05, 3.63) is 65.2 Å². The number of carbonyl (C=O) groups is 1. The lowest BCUT2D eigenvalue weighted by Crippen LogP contribution is -2.38. The van der Waals surface area contributed by atoms with Crippen LogP contribution in [0.1, 0.15) is 29.5 Å². The zero-order valence-corrected chi connectivity index (χ0v) is 19.2. The molecular weight excluding hydrogens is 400 g/mol. The lowest BCUT2D eigenvalue weighted by atomic mass is 9.95. The van der Waals surface area contributed by atoms with E-state index in [0.717, 1.165) is 65.6 Å². The summed E-state index contributed by atoms with van der Waals surface area (Å²) in [6.07, 6.45) is 1.59. The van der Waals surface area contributed by atoms with Crippen molar-refractivity contribution in [3.8, 4) is 17.0 Å². The highest BCUT2D eigenvalue weighted by Crippen LogP contribution is 2.30. The lowest BCUT2D eigenvalue weighted by molar-refractivity contribution is -0.120. The maximum absolute atomic E-state index is 12.9. The number of benzene rings is 2. The number of para-hydroxylation sites is 1. The number of anilines is 2. The maximum atomic E-state index is 12.9. The smallest absolute Gasteiger partial charge is 0.227 e. The summed E-state index contributed by atoms with van der Waals surface area (Å²) >= 11 is 0. The molecule has 0 unspecified atom stereocenters. The van der Waals surface area contributed by atoms with E-state index in [1.54, 1.807) is 7.11 Å². The minimum atomic E-state index is 0.00663. The molecular formula is C26H30N4O2. The highest BCUT2D eigenvalue weighted by molar-refractivity contribution is 5.94. The predicted molar refractivity (Wildman–Crippen MR) is 128 cm³/mol. The lowest BCUT2D eigenvalue weighted by Gasteiger charge is -2.32. The van der Waals surface area contributed by atoms with E-state index in [1.165, 1.54) is 5.56 Å². The molecule has 1 fully saturated rings. The summed E-state index contributed by atoms with van der Waals surface area (Å²) in [5, 5.41) is 12.0. The van der Waals surface area contributed by atoms with E-state index < -0.39 is 0 Å². The number of hydrogen-bond donors (Lipinski definition) is 1. The Morgan fingerprint density at radius 1 is 1.00 bits per heavy atom. The summed E-state index contributed by atoms with van der Waals surface area (Å²) in [6.45, 7) is 7.74. The van der Waals surface area contributed by atoms with E-state index in [-0.39, 0.29) is 11.8 Å². The molecule has 32 heavy (non-hydrogen) atoms. The first-order chi connectivity index (χ1) is 15.5. The van der Waals surface area contributed by atoms with Crippen molar-refractivity contribution >= 4 is 17.4 Å². The second kappa shape index (κ2) is 9.39. The monoisotopic (exact) mass is 430 g/mol. The van der Waals surface area contributed by atoms with E-state index in [1.807, 2.05) is 50.2 Å². The maximum Gasteiger partial charge on any atom is 0.227 e. The number of aryl methyl sites for hydroxylation is 3. The van der Waals surface area contributed by atoms with Gasteiger partial charge in [-0.05, 0) is 69.0 Å². The van der Waals surface area contributed by atoms with Gasteiger partial charge in [0, 0.05) is 30.3 Å². The van der Waals surface area contributed by atoms with Crippen LogP contribution in [-0.4, -0.2) is 36.3 Å². The highest BCUT2D eigenvalue weighted by Gasteiger charge is 2.26. The average Bonchev–Trinajstić information content (AvgIpc) is 2.81. The average molecular weight is 431 g/mol. The third-order valence-electron chi connectivity index (χ3n) is 6.15. The summed E-state index contributed by atoms with van der Waals surface area (Å²) in [5.41, 5.74) is 6.08. The first-order valence-electron chi connectivity index (χ1n) is 11.1. The van der Waals surface area contributed by atoms with Crippen LogP contribution in [0.2, 0.25) is 0 Å². The topological polar surface area (TPSA) is 67.3 Å². The molecule has 0 radical (unpaired) electrons. The van der Waals surface area contributed by atoms with Crippen molar-refractivity contribution < 1.29 is 9.53 Å². The van der Waals surface area contributed by atoms with Gasteiger partial charge in [0.2, 0.25) is 5.91 Å². The molecule has 0 aliphatic carbocycles. The molecule has 0 spiro atoms. The summed E-state index contributed by atoms with van der Waals surface area (Å²) in [5.74, 6) is 1.73. The molecule has 1 amide bonds. The van der Waals surface area contributed by atoms with Gasteiger partial charge in [-0.3, -0.25) is 4.79 Å². The fraction of sp³-hybridized carbons (Fsp3) is 0.346. The van der Waals surface area contributed by atoms with Crippen molar-refractivity contribution in [2.45, 2.75) is 33.6 Å². The van der Waals surface area contributed by atoms with E-state index in [0.29, 0.717) is 0 Å². The molecule has 3 aromatic rings. The Hall–Kier alpha value is -3.41. The van der Waals surface area contributed by atoms with E-state index in [9.17, 15) is 4.79 Å². The van der Waals surface area contributed by atoms with Crippen molar-refractivity contribution in [1.29, 1.82) is 0 Å². The quantitative estimate of drug-likeness (QED) is 0.621. The molecule has 6 nitrogen and oxygen atoms in total. The third-order valence-corrected chi connectivity index (χ3v) is 6.15. The first kappa shape index (κ1) is 21.8. The van der Waals surface area contributed by atoms with Gasteiger partial charge in [-0.2, -0.15) is 0 Å². The molecule has 1 aromatic heterocycles. The molecule has 1 N–H and O–H groups in total. The third kappa shape index (κ3) is 4.59. The molecule has 6 heteroatoms. The zero-order chi connectivity index (χ0) is 22.7. The molecule has 2 aromatic carbocycles. The summed E-state index contributed by atoms with van der Waals surface area (Å²) < 4.78 is 5.43. The second-order valence-corrected chi connectivity index (χ2v) is 8.50. The first-order valence-corrected chi connectivity index (χ1v) is 11.1. The van der Waals surface area contributed by atoms with Crippen LogP contribution in [0.25, 0.3) is 11.3 Å². The Morgan fingerprint density at radius 3 is 2.31 bits per heavy atom. The van der Waals surface area contributed by atoms with Crippen LogP contribution in [0.15, 0.2) is 48.5 Å². The van der Waals surface area contributed by atoms with Gasteiger partial charge in [0.15, 0.2) is 5.82 Å². The van der Waals surface area contributed by atoms with Gasteiger partial charge in [0.05, 0.1) is 12.8 Å². The van der Waals surface area contributed by atoms with Gasteiger partial charge >= 0.3 is 0 Å². The normalized spacial score (nSPS) is 14.3. The summed E-state index contributed by atoms with van der Waals surface area (Å²) in [4.78, 5) is 15.1. The fourth-order valence-electron chi connectivity index (χ4n) is 4.47. The summed E-state index contributed by atoms with van der Waals surface area (Å²) in [7, 11) is 1.66. The van der Waals surface area contributed by atoms with Crippen LogP contribution >= 0.6 is 0 Å². The number of carbonyl (C=O) groups excluding carboxylic acids is 1. The van der Waals surface area contributed by atoms with Crippen LogP contribution in [0.4, 0.5) is 11.5 Å². The molecule has 1 aliphatic rings. The number of nitrogens with zero attached hydrogens (tertiary/aromatic N) is 3. The SMILES string of the molecule is COc1ccccc1-c1ccc(N2CCC(C(=O)Nc3c(C)cc(C)cc3C)CC2)nn1. The molecule has 0 saturated carbocycles. The summed E-state index contributed by atoms with van der Waals surface area (Å²) in [6, 6.07) is 16.0. The second-order valence-electron chi connectivity index (χ2n) is 8.50.